The Bertz CT molecular complexity index is 966. The Kier molecular flexibility index (Phi) is 5.84. The number of benzene rings is 2. The quantitative estimate of drug-likeness (QED) is 0.666. The Balaban J connectivity index is 1.67. The van der Waals surface area contributed by atoms with E-state index in [0.717, 1.165) is 16.8 Å². The van der Waals surface area contributed by atoms with Crippen LogP contribution in [0.2, 0.25) is 0 Å². The van der Waals surface area contributed by atoms with E-state index in [0.29, 0.717) is 17.7 Å². The summed E-state index contributed by atoms with van der Waals surface area (Å²) in [5.74, 6) is -0.628. The minimum absolute atomic E-state index is 0.182. The van der Waals surface area contributed by atoms with Gasteiger partial charge in [0.15, 0.2) is 0 Å². The highest BCUT2D eigenvalue weighted by Crippen LogP contribution is 2.18. The van der Waals surface area contributed by atoms with Crippen molar-refractivity contribution in [2.45, 2.75) is 20.3 Å². The van der Waals surface area contributed by atoms with Crippen molar-refractivity contribution in [1.82, 2.24) is 14.8 Å². The van der Waals surface area contributed by atoms with Crippen LogP contribution >= 0.6 is 0 Å². The van der Waals surface area contributed by atoms with Crippen molar-refractivity contribution in [3.63, 3.8) is 0 Å². The second kappa shape index (κ2) is 8.47. The van der Waals surface area contributed by atoms with Gasteiger partial charge in [-0.05, 0) is 54.8 Å². The van der Waals surface area contributed by atoms with E-state index in [1.54, 1.807) is 17.1 Å². The van der Waals surface area contributed by atoms with Gasteiger partial charge in [0.05, 0.1) is 18.7 Å². The van der Waals surface area contributed by atoms with E-state index in [-0.39, 0.29) is 17.8 Å². The van der Waals surface area contributed by atoms with E-state index in [1.165, 1.54) is 13.4 Å². The zero-order valence-corrected chi connectivity index (χ0v) is 16.0. The molecule has 1 heterocycles. The number of aromatic nitrogens is 3. The average Bonchev–Trinajstić information content (AvgIpc) is 3.23. The van der Waals surface area contributed by atoms with Crippen molar-refractivity contribution in [2.75, 3.05) is 12.4 Å². The summed E-state index contributed by atoms with van der Waals surface area (Å²) in [5, 5.41) is 6.99. The number of hydrogen-bond acceptors (Lipinski definition) is 5. The van der Waals surface area contributed by atoms with Gasteiger partial charge in [0, 0.05) is 11.3 Å². The molecule has 0 fully saturated rings. The highest BCUT2D eigenvalue weighted by atomic mass is 16.5. The van der Waals surface area contributed by atoms with Crippen molar-refractivity contribution < 1.29 is 14.3 Å². The Morgan fingerprint density at radius 2 is 1.93 bits per heavy atom. The van der Waals surface area contributed by atoms with E-state index in [4.69, 9.17) is 4.74 Å². The molecule has 1 N–H and O–H groups in total. The van der Waals surface area contributed by atoms with E-state index in [9.17, 15) is 9.59 Å². The van der Waals surface area contributed by atoms with Crippen LogP contribution in [0.5, 0.6) is 0 Å². The first-order valence-electron chi connectivity index (χ1n) is 8.91. The number of ether oxygens (including phenoxy) is 1. The Hall–Kier alpha value is -3.48. The second-order valence-electron chi connectivity index (χ2n) is 6.62. The molecule has 1 aromatic heterocycles. The van der Waals surface area contributed by atoms with Crippen molar-refractivity contribution in [3.05, 3.63) is 71.8 Å². The minimum Gasteiger partial charge on any atom is -0.469 e. The highest BCUT2D eigenvalue weighted by Gasteiger charge is 2.14. The molecule has 7 nitrogen and oxygen atoms in total. The number of hydrogen-bond donors (Lipinski definition) is 1. The molecule has 0 aliphatic carbocycles. The number of rotatable bonds is 6. The van der Waals surface area contributed by atoms with Gasteiger partial charge in [0.25, 0.3) is 5.91 Å². The van der Waals surface area contributed by atoms with Gasteiger partial charge in [0.1, 0.15) is 12.7 Å². The number of amides is 1. The first kappa shape index (κ1) is 19.3. The van der Waals surface area contributed by atoms with Crippen LogP contribution in [0.1, 0.15) is 28.4 Å². The number of anilines is 1. The molecule has 0 unspecified atom stereocenters. The predicted octanol–water partition coefficient (Wildman–Crippen LogP) is 3.18. The third-order valence-corrected chi connectivity index (χ3v) is 4.50. The first-order valence-corrected chi connectivity index (χ1v) is 8.91. The number of methoxy groups -OCH3 is 1. The normalized spacial score (nSPS) is 11.7. The third kappa shape index (κ3) is 4.43. The number of aryl methyl sites for hydroxylation is 1. The van der Waals surface area contributed by atoms with Crippen LogP contribution in [0, 0.1) is 12.8 Å². The molecule has 0 spiro atoms. The monoisotopic (exact) mass is 378 g/mol. The second-order valence-corrected chi connectivity index (χ2v) is 6.62. The van der Waals surface area contributed by atoms with Gasteiger partial charge in [-0.3, -0.25) is 9.59 Å². The number of carbonyl (C=O) groups excluding carboxylic acids is 2. The van der Waals surface area contributed by atoms with Crippen LogP contribution in [0.4, 0.5) is 5.69 Å². The van der Waals surface area contributed by atoms with Gasteiger partial charge in [-0.25, -0.2) is 9.67 Å². The zero-order valence-electron chi connectivity index (χ0n) is 16.0. The van der Waals surface area contributed by atoms with Crippen molar-refractivity contribution in [2.24, 2.45) is 5.92 Å². The molecule has 7 heteroatoms. The van der Waals surface area contributed by atoms with E-state index >= 15 is 0 Å². The maximum absolute atomic E-state index is 12.6. The molecule has 2 aromatic carbocycles. The van der Waals surface area contributed by atoms with Crippen LogP contribution in [0.15, 0.2) is 55.1 Å². The van der Waals surface area contributed by atoms with Gasteiger partial charge in [-0.1, -0.05) is 19.1 Å². The van der Waals surface area contributed by atoms with Crippen LogP contribution < -0.4 is 5.32 Å². The minimum atomic E-state index is -0.234. The molecular formula is C21H22N4O3. The van der Waals surface area contributed by atoms with E-state index in [2.05, 4.69) is 15.4 Å². The summed E-state index contributed by atoms with van der Waals surface area (Å²) in [6, 6.07) is 12.9. The molecule has 0 aliphatic rings. The van der Waals surface area contributed by atoms with E-state index < -0.39 is 0 Å². The summed E-state index contributed by atoms with van der Waals surface area (Å²) in [7, 11) is 1.39. The van der Waals surface area contributed by atoms with Gasteiger partial charge < -0.3 is 10.1 Å². The summed E-state index contributed by atoms with van der Waals surface area (Å²) in [4.78, 5) is 28.1. The lowest BCUT2D eigenvalue weighted by Crippen LogP contribution is -2.15. The summed E-state index contributed by atoms with van der Waals surface area (Å²) >= 11 is 0. The standard InChI is InChI=1S/C21H22N4O3/c1-14-11-18(25-13-22-12-23-25)8-9-19(14)20(26)24-17-6-4-16(5-7-17)10-15(2)21(27)28-3/h4-9,11-13,15H,10H2,1-3H3,(H,24,26)/t15-/m0/s1. The zero-order chi connectivity index (χ0) is 20.1. The average molecular weight is 378 g/mol. The maximum Gasteiger partial charge on any atom is 0.308 e. The fraction of sp³-hybridized carbons (Fsp3) is 0.238. The third-order valence-electron chi connectivity index (χ3n) is 4.50. The first-order chi connectivity index (χ1) is 13.5. The maximum atomic E-state index is 12.6. The van der Waals surface area contributed by atoms with Gasteiger partial charge in [-0.15, -0.1) is 0 Å². The molecule has 1 amide bonds. The topological polar surface area (TPSA) is 86.1 Å². The molecule has 0 saturated heterocycles. The summed E-state index contributed by atoms with van der Waals surface area (Å²) in [5.41, 5.74) is 3.97. The molecule has 1 atom stereocenters. The van der Waals surface area contributed by atoms with E-state index in [1.807, 2.05) is 50.2 Å². The molecule has 144 valence electrons. The van der Waals surface area contributed by atoms with Crippen LogP contribution in [0.25, 0.3) is 5.69 Å². The predicted molar refractivity (Wildman–Crippen MR) is 105 cm³/mol. The van der Waals surface area contributed by atoms with Crippen molar-refractivity contribution >= 4 is 17.6 Å². The fourth-order valence-corrected chi connectivity index (χ4v) is 2.95. The number of nitrogens with one attached hydrogen (secondary N) is 1. The largest absolute Gasteiger partial charge is 0.469 e. The summed E-state index contributed by atoms with van der Waals surface area (Å²) < 4.78 is 6.39. The lowest BCUT2D eigenvalue weighted by atomic mass is 10.0. The number of esters is 1. The summed E-state index contributed by atoms with van der Waals surface area (Å²) in [6.07, 6.45) is 3.66. The smallest absolute Gasteiger partial charge is 0.308 e. The lowest BCUT2D eigenvalue weighted by molar-refractivity contribution is -0.144. The molecule has 0 radical (unpaired) electrons. The molecule has 3 rings (SSSR count). The van der Waals surface area contributed by atoms with Crippen LogP contribution in [0.3, 0.4) is 0 Å². The van der Waals surface area contributed by atoms with Crippen LogP contribution in [-0.4, -0.2) is 33.8 Å². The van der Waals surface area contributed by atoms with Gasteiger partial charge >= 0.3 is 5.97 Å². The molecule has 3 aromatic rings. The van der Waals surface area contributed by atoms with Gasteiger partial charge in [-0.2, -0.15) is 5.10 Å². The molecule has 0 saturated carbocycles. The van der Waals surface area contributed by atoms with Gasteiger partial charge in [0.2, 0.25) is 0 Å². The highest BCUT2D eigenvalue weighted by molar-refractivity contribution is 6.05. The lowest BCUT2D eigenvalue weighted by Gasteiger charge is -2.11. The van der Waals surface area contributed by atoms with Crippen molar-refractivity contribution in [3.8, 4) is 5.69 Å². The Labute approximate surface area is 163 Å². The van der Waals surface area contributed by atoms with Crippen molar-refractivity contribution in [1.29, 1.82) is 0 Å². The molecule has 28 heavy (non-hydrogen) atoms. The summed E-state index contributed by atoms with van der Waals surface area (Å²) in [6.45, 7) is 3.71. The SMILES string of the molecule is COC(=O)[C@@H](C)Cc1ccc(NC(=O)c2ccc(-n3cncn3)cc2C)cc1. The number of carbonyl (C=O) groups is 2. The number of nitrogens with zero attached hydrogens (tertiary/aromatic N) is 3. The van der Waals surface area contributed by atoms with Crippen LogP contribution in [-0.2, 0) is 16.0 Å². The Morgan fingerprint density at radius 3 is 2.54 bits per heavy atom. The molecule has 0 aliphatic heterocycles. The molecule has 0 bridgehead atoms. The fourth-order valence-electron chi connectivity index (χ4n) is 2.95. The Morgan fingerprint density at radius 1 is 1.18 bits per heavy atom. The molecular weight excluding hydrogens is 356 g/mol.